The van der Waals surface area contributed by atoms with Crippen molar-refractivity contribution in [2.24, 2.45) is 0 Å². The highest BCUT2D eigenvalue weighted by molar-refractivity contribution is 5.97. The van der Waals surface area contributed by atoms with Crippen LogP contribution in [0.4, 0.5) is 0 Å². The number of benzene rings is 1. The van der Waals surface area contributed by atoms with E-state index in [-0.39, 0.29) is 5.82 Å². The Kier molecular flexibility index (Phi) is 4.19. The molecule has 2 heterocycles. The van der Waals surface area contributed by atoms with Gasteiger partial charge in [0.15, 0.2) is 0 Å². The Morgan fingerprint density at radius 2 is 1.79 bits per heavy atom. The molecule has 0 aliphatic carbocycles. The normalized spacial score (nSPS) is 10.6. The van der Waals surface area contributed by atoms with Gasteiger partial charge < -0.3 is 0 Å². The summed E-state index contributed by atoms with van der Waals surface area (Å²) in [6.07, 6.45) is 2.48. The summed E-state index contributed by atoms with van der Waals surface area (Å²) in [5.74, 6) is -0.775. The van der Waals surface area contributed by atoms with Crippen molar-refractivity contribution >= 4 is 17.6 Å². The summed E-state index contributed by atoms with van der Waals surface area (Å²) in [5.41, 5.74) is 7.03. The number of nitrogens with zero attached hydrogens (tertiary/aromatic N) is 4. The monoisotopic (exact) mass is 324 g/mol. The predicted octanol–water partition coefficient (Wildman–Crippen LogP) is 1.07. The standard InChI is InChI=1S/C16H16N6O2/c1-3-11-4-6-12(7-5-11)14(23)19-20-15(24)13-18-16-17-9-8-10(2)22(16)21-13/h4-9H,3H2,1-2H3,(H,19,23)(H,20,24). The number of rotatable bonds is 3. The van der Waals surface area contributed by atoms with Crippen molar-refractivity contribution in [3.63, 3.8) is 0 Å². The Bertz CT molecular complexity index is 901. The average Bonchev–Trinajstić information content (AvgIpc) is 3.05. The Labute approximate surface area is 137 Å². The quantitative estimate of drug-likeness (QED) is 0.702. The van der Waals surface area contributed by atoms with Gasteiger partial charge in [-0.2, -0.15) is 4.98 Å². The first kappa shape index (κ1) is 15.6. The molecule has 0 saturated carbocycles. The van der Waals surface area contributed by atoms with E-state index < -0.39 is 11.8 Å². The van der Waals surface area contributed by atoms with E-state index in [1.54, 1.807) is 24.4 Å². The molecule has 24 heavy (non-hydrogen) atoms. The van der Waals surface area contributed by atoms with Crippen LogP contribution in [-0.4, -0.2) is 31.4 Å². The molecule has 0 saturated heterocycles. The van der Waals surface area contributed by atoms with Crippen LogP contribution in [0.3, 0.4) is 0 Å². The largest absolute Gasteiger partial charge is 0.309 e. The number of aromatic nitrogens is 4. The van der Waals surface area contributed by atoms with Crippen LogP contribution in [0.2, 0.25) is 0 Å². The molecule has 2 N–H and O–H groups in total. The molecule has 8 heteroatoms. The van der Waals surface area contributed by atoms with Crippen LogP contribution in [-0.2, 0) is 6.42 Å². The van der Waals surface area contributed by atoms with Gasteiger partial charge in [0.05, 0.1) is 0 Å². The molecule has 0 bridgehead atoms. The Morgan fingerprint density at radius 3 is 2.46 bits per heavy atom. The van der Waals surface area contributed by atoms with Gasteiger partial charge in [-0.05, 0) is 37.1 Å². The second-order valence-electron chi connectivity index (χ2n) is 5.19. The van der Waals surface area contributed by atoms with E-state index in [1.165, 1.54) is 4.52 Å². The number of amides is 2. The van der Waals surface area contributed by atoms with Gasteiger partial charge in [-0.15, -0.1) is 5.10 Å². The number of nitrogens with one attached hydrogen (secondary N) is 2. The van der Waals surface area contributed by atoms with Crippen LogP contribution >= 0.6 is 0 Å². The summed E-state index contributed by atoms with van der Waals surface area (Å²) in [6.45, 7) is 3.86. The zero-order chi connectivity index (χ0) is 17.1. The Balaban J connectivity index is 1.67. The molecule has 0 spiro atoms. The molecule has 0 radical (unpaired) electrons. The van der Waals surface area contributed by atoms with Gasteiger partial charge in [0.25, 0.3) is 11.7 Å². The van der Waals surface area contributed by atoms with Crippen LogP contribution < -0.4 is 10.9 Å². The van der Waals surface area contributed by atoms with Gasteiger partial charge >= 0.3 is 5.91 Å². The van der Waals surface area contributed by atoms with Crippen LogP contribution in [0.1, 0.15) is 39.2 Å². The molecule has 0 aliphatic heterocycles. The van der Waals surface area contributed by atoms with Crippen LogP contribution in [0.25, 0.3) is 5.78 Å². The lowest BCUT2D eigenvalue weighted by molar-refractivity contribution is 0.0841. The molecule has 2 aromatic heterocycles. The second-order valence-corrected chi connectivity index (χ2v) is 5.19. The third kappa shape index (κ3) is 3.07. The highest BCUT2D eigenvalue weighted by Gasteiger charge is 2.15. The summed E-state index contributed by atoms with van der Waals surface area (Å²) in [4.78, 5) is 32.1. The summed E-state index contributed by atoms with van der Waals surface area (Å²) in [6, 6.07) is 8.91. The van der Waals surface area contributed by atoms with E-state index in [2.05, 4.69) is 25.9 Å². The van der Waals surface area contributed by atoms with E-state index in [0.717, 1.165) is 17.7 Å². The number of carbonyl (C=O) groups excluding carboxylic acids is 2. The molecule has 8 nitrogen and oxygen atoms in total. The summed E-state index contributed by atoms with van der Waals surface area (Å²) >= 11 is 0. The minimum Gasteiger partial charge on any atom is -0.267 e. The topological polar surface area (TPSA) is 101 Å². The smallest absolute Gasteiger partial charge is 0.267 e. The van der Waals surface area contributed by atoms with Crippen molar-refractivity contribution < 1.29 is 9.59 Å². The number of fused-ring (bicyclic) bond motifs is 1. The second kappa shape index (κ2) is 6.45. The molecule has 0 unspecified atom stereocenters. The Morgan fingerprint density at radius 1 is 1.08 bits per heavy atom. The minimum atomic E-state index is -0.613. The van der Waals surface area contributed by atoms with Crippen molar-refractivity contribution in [3.8, 4) is 0 Å². The summed E-state index contributed by atoms with van der Waals surface area (Å²) < 4.78 is 1.46. The van der Waals surface area contributed by atoms with E-state index >= 15 is 0 Å². The zero-order valence-electron chi connectivity index (χ0n) is 13.3. The molecule has 0 aliphatic rings. The highest BCUT2D eigenvalue weighted by Crippen LogP contribution is 2.05. The van der Waals surface area contributed by atoms with E-state index in [9.17, 15) is 9.59 Å². The van der Waals surface area contributed by atoms with Crippen molar-refractivity contribution in [1.82, 2.24) is 30.4 Å². The maximum atomic E-state index is 12.1. The molecule has 3 rings (SSSR count). The maximum absolute atomic E-state index is 12.1. The first-order chi connectivity index (χ1) is 11.6. The number of hydrazine groups is 1. The number of aryl methyl sites for hydroxylation is 2. The fourth-order valence-electron chi connectivity index (χ4n) is 2.14. The van der Waals surface area contributed by atoms with Gasteiger partial charge in [0.2, 0.25) is 5.82 Å². The van der Waals surface area contributed by atoms with Gasteiger partial charge in [0, 0.05) is 17.5 Å². The van der Waals surface area contributed by atoms with E-state index in [0.29, 0.717) is 11.3 Å². The van der Waals surface area contributed by atoms with Crippen molar-refractivity contribution in [3.05, 3.63) is 59.2 Å². The molecule has 1 aromatic carbocycles. The predicted molar refractivity (Wildman–Crippen MR) is 86.3 cm³/mol. The van der Waals surface area contributed by atoms with Crippen molar-refractivity contribution in [1.29, 1.82) is 0 Å². The molecule has 3 aromatic rings. The first-order valence-electron chi connectivity index (χ1n) is 7.46. The van der Waals surface area contributed by atoms with Crippen LogP contribution in [0, 0.1) is 6.92 Å². The molecular formula is C16H16N6O2. The van der Waals surface area contributed by atoms with E-state index in [4.69, 9.17) is 0 Å². The van der Waals surface area contributed by atoms with E-state index in [1.807, 2.05) is 26.0 Å². The SMILES string of the molecule is CCc1ccc(C(=O)NNC(=O)c2nc3nccc(C)n3n2)cc1. The summed E-state index contributed by atoms with van der Waals surface area (Å²) in [7, 11) is 0. The van der Waals surface area contributed by atoms with Crippen LogP contribution in [0.15, 0.2) is 36.5 Å². The third-order valence-electron chi connectivity index (χ3n) is 3.55. The fourth-order valence-corrected chi connectivity index (χ4v) is 2.14. The van der Waals surface area contributed by atoms with Crippen molar-refractivity contribution in [2.45, 2.75) is 20.3 Å². The minimum absolute atomic E-state index is 0.0709. The highest BCUT2D eigenvalue weighted by atomic mass is 16.2. The van der Waals surface area contributed by atoms with Gasteiger partial charge in [-0.3, -0.25) is 20.4 Å². The van der Waals surface area contributed by atoms with Crippen molar-refractivity contribution in [2.75, 3.05) is 0 Å². The Hall–Kier alpha value is -3.29. The van der Waals surface area contributed by atoms with Gasteiger partial charge in [-0.25, -0.2) is 9.50 Å². The average molecular weight is 324 g/mol. The number of hydrogen-bond acceptors (Lipinski definition) is 5. The molecule has 0 atom stereocenters. The molecule has 122 valence electrons. The summed E-state index contributed by atoms with van der Waals surface area (Å²) in [5, 5.41) is 4.07. The van der Waals surface area contributed by atoms with Crippen LogP contribution in [0.5, 0.6) is 0 Å². The third-order valence-corrected chi connectivity index (χ3v) is 3.55. The number of carbonyl (C=O) groups is 2. The maximum Gasteiger partial charge on any atom is 0.309 e. The molecular weight excluding hydrogens is 308 g/mol. The lowest BCUT2D eigenvalue weighted by Gasteiger charge is -2.06. The lowest BCUT2D eigenvalue weighted by Crippen LogP contribution is -2.42. The zero-order valence-corrected chi connectivity index (χ0v) is 13.3. The van der Waals surface area contributed by atoms with Gasteiger partial charge in [-0.1, -0.05) is 19.1 Å². The lowest BCUT2D eigenvalue weighted by atomic mass is 10.1. The number of hydrogen-bond donors (Lipinski definition) is 2. The first-order valence-corrected chi connectivity index (χ1v) is 7.46. The van der Waals surface area contributed by atoms with Gasteiger partial charge in [0.1, 0.15) is 0 Å². The fraction of sp³-hybridized carbons (Fsp3) is 0.188. The molecule has 0 fully saturated rings. The molecule has 2 amide bonds.